The van der Waals surface area contributed by atoms with Crippen LogP contribution in [0.5, 0.6) is 0 Å². The second kappa shape index (κ2) is 11.7. The summed E-state index contributed by atoms with van der Waals surface area (Å²) in [6.07, 6.45) is 0. The minimum Gasteiger partial charge on any atom is -0.245 e. The summed E-state index contributed by atoms with van der Waals surface area (Å²) < 4.78 is 0. The van der Waals surface area contributed by atoms with Crippen molar-refractivity contribution < 1.29 is 0 Å². The molecule has 0 saturated heterocycles. The fourth-order valence-corrected chi connectivity index (χ4v) is 10.5. The molecule has 0 spiro atoms. The fraction of sp³-hybridized carbons (Fsp3) is 0.333. The quantitative estimate of drug-likeness (QED) is 0.162. The lowest BCUT2D eigenvalue weighted by atomic mass is 9.79. The number of thiazole rings is 2. The van der Waals surface area contributed by atoms with Gasteiger partial charge in [-0.2, -0.15) is 0 Å². The molecule has 6 rings (SSSR count). The van der Waals surface area contributed by atoms with Crippen molar-refractivity contribution in [3.63, 3.8) is 0 Å². The predicted molar refractivity (Wildman–Crippen MR) is 199 cm³/mol. The molecule has 0 aliphatic heterocycles. The van der Waals surface area contributed by atoms with Gasteiger partial charge in [0.1, 0.15) is 10.0 Å². The molecule has 0 amide bonds. The standard InChI is InChI=1S/C39H42N2S4/c1-36(2,3)29-23-42-35(40-29)39(8,9)32-22-27(33(45-32)26-18-14-11-15-19-26)37(4,5)30-24-43-34(41-30)38(6,7)31-21-20-28(44-31)25-16-12-10-13-17-25/h10-24H,1-9H3. The van der Waals surface area contributed by atoms with E-state index >= 15 is 0 Å². The normalized spacial score (nSPS) is 13.0. The lowest BCUT2D eigenvalue weighted by molar-refractivity contribution is 0.560. The van der Waals surface area contributed by atoms with Crippen molar-refractivity contribution in [2.75, 3.05) is 0 Å². The van der Waals surface area contributed by atoms with Crippen LogP contribution in [0.3, 0.4) is 0 Å². The Kier molecular flexibility index (Phi) is 8.35. The Morgan fingerprint density at radius 3 is 1.62 bits per heavy atom. The smallest absolute Gasteiger partial charge is 0.104 e. The Balaban J connectivity index is 1.39. The summed E-state index contributed by atoms with van der Waals surface area (Å²) in [5, 5.41) is 6.85. The average molecular weight is 667 g/mol. The Bertz CT molecular complexity index is 1910. The SMILES string of the molecule is CC(C)(C)c1csc(C(C)(C)c2cc(C(C)(C)c3csc(C(C)(C)c4ccc(-c5ccccc5)s4)n3)c(-c3ccccc3)s2)n1. The first-order chi connectivity index (χ1) is 21.2. The molecule has 0 unspecified atom stereocenters. The third kappa shape index (κ3) is 6.03. The Morgan fingerprint density at radius 2 is 1.04 bits per heavy atom. The maximum absolute atomic E-state index is 5.40. The zero-order chi connectivity index (χ0) is 32.2. The van der Waals surface area contributed by atoms with Crippen molar-refractivity contribution in [3.8, 4) is 20.9 Å². The van der Waals surface area contributed by atoms with E-state index in [4.69, 9.17) is 9.97 Å². The summed E-state index contributed by atoms with van der Waals surface area (Å²) in [5.74, 6) is 0. The number of benzene rings is 2. The summed E-state index contributed by atoms with van der Waals surface area (Å²) in [7, 11) is 0. The van der Waals surface area contributed by atoms with Crippen molar-refractivity contribution in [3.05, 3.63) is 126 Å². The van der Waals surface area contributed by atoms with Crippen LogP contribution < -0.4 is 0 Å². The van der Waals surface area contributed by atoms with Crippen LogP contribution in [0.2, 0.25) is 0 Å². The van der Waals surface area contributed by atoms with Gasteiger partial charge in [0.15, 0.2) is 0 Å². The van der Waals surface area contributed by atoms with Gasteiger partial charge in [0, 0.05) is 41.1 Å². The highest BCUT2D eigenvalue weighted by Crippen LogP contribution is 2.49. The summed E-state index contributed by atoms with van der Waals surface area (Å²) >= 11 is 7.35. The van der Waals surface area contributed by atoms with E-state index in [1.807, 2.05) is 22.7 Å². The van der Waals surface area contributed by atoms with Crippen LogP contribution in [0.25, 0.3) is 20.9 Å². The van der Waals surface area contributed by atoms with Gasteiger partial charge in [-0.25, -0.2) is 9.97 Å². The van der Waals surface area contributed by atoms with Gasteiger partial charge < -0.3 is 0 Å². The predicted octanol–water partition coefficient (Wildman–Crippen LogP) is 12.3. The zero-order valence-electron chi connectivity index (χ0n) is 27.7. The van der Waals surface area contributed by atoms with E-state index in [1.165, 1.54) is 41.2 Å². The van der Waals surface area contributed by atoms with Gasteiger partial charge >= 0.3 is 0 Å². The molecule has 4 aromatic heterocycles. The molecule has 2 nitrogen and oxygen atoms in total. The maximum atomic E-state index is 5.40. The largest absolute Gasteiger partial charge is 0.245 e. The molecule has 0 saturated carbocycles. The van der Waals surface area contributed by atoms with Gasteiger partial charge in [-0.1, -0.05) is 95.3 Å². The molecule has 0 radical (unpaired) electrons. The topological polar surface area (TPSA) is 25.8 Å². The molecule has 0 aliphatic rings. The summed E-state index contributed by atoms with van der Waals surface area (Å²) in [6, 6.07) is 28.5. The number of aromatic nitrogens is 2. The molecule has 0 atom stereocenters. The van der Waals surface area contributed by atoms with Crippen LogP contribution in [0, 0.1) is 0 Å². The fourth-order valence-electron chi connectivity index (χ4n) is 5.50. The van der Waals surface area contributed by atoms with Gasteiger partial charge in [-0.3, -0.25) is 0 Å². The molecule has 6 heteroatoms. The van der Waals surface area contributed by atoms with Gasteiger partial charge in [0.05, 0.1) is 22.2 Å². The molecule has 232 valence electrons. The number of hydrogen-bond donors (Lipinski definition) is 0. The number of thiophene rings is 2. The minimum atomic E-state index is -0.287. The van der Waals surface area contributed by atoms with Crippen LogP contribution in [0.15, 0.2) is 89.6 Å². The molecule has 4 heterocycles. The van der Waals surface area contributed by atoms with Crippen LogP contribution in [0.4, 0.5) is 0 Å². The number of rotatable bonds is 8. The Labute approximate surface area is 284 Å². The number of nitrogens with zero attached hydrogens (tertiary/aromatic N) is 2. The van der Waals surface area contributed by atoms with E-state index < -0.39 is 0 Å². The Hall–Kier alpha value is -2.90. The zero-order valence-corrected chi connectivity index (χ0v) is 31.0. The van der Waals surface area contributed by atoms with Crippen molar-refractivity contribution in [1.82, 2.24) is 9.97 Å². The molecule has 45 heavy (non-hydrogen) atoms. The molecule has 2 aromatic carbocycles. The van der Waals surface area contributed by atoms with Crippen LogP contribution in [0.1, 0.15) is 99.0 Å². The van der Waals surface area contributed by atoms with E-state index in [-0.39, 0.29) is 21.7 Å². The highest BCUT2D eigenvalue weighted by atomic mass is 32.1. The van der Waals surface area contributed by atoms with Gasteiger partial charge in [0.25, 0.3) is 0 Å². The molecular formula is C39H42N2S4. The average Bonchev–Trinajstić information content (AvgIpc) is 3.83. The van der Waals surface area contributed by atoms with Crippen LogP contribution >= 0.6 is 45.3 Å². The molecule has 6 aromatic rings. The van der Waals surface area contributed by atoms with Gasteiger partial charge in [0.2, 0.25) is 0 Å². The van der Waals surface area contributed by atoms with Crippen LogP contribution in [-0.4, -0.2) is 9.97 Å². The maximum Gasteiger partial charge on any atom is 0.104 e. The van der Waals surface area contributed by atoms with E-state index in [1.54, 1.807) is 22.7 Å². The summed E-state index contributed by atoms with van der Waals surface area (Å²) in [6.45, 7) is 20.7. The first-order valence-corrected chi connectivity index (χ1v) is 18.9. The van der Waals surface area contributed by atoms with Crippen molar-refractivity contribution in [2.24, 2.45) is 0 Å². The molecule has 0 N–H and O–H groups in total. The first-order valence-electron chi connectivity index (χ1n) is 15.5. The van der Waals surface area contributed by atoms with Gasteiger partial charge in [-0.05, 0) is 62.6 Å². The van der Waals surface area contributed by atoms with Crippen molar-refractivity contribution in [1.29, 1.82) is 0 Å². The highest BCUT2D eigenvalue weighted by Gasteiger charge is 2.37. The van der Waals surface area contributed by atoms with E-state index in [2.05, 4.69) is 152 Å². The molecule has 0 fully saturated rings. The molecular weight excluding hydrogens is 625 g/mol. The van der Waals surface area contributed by atoms with Crippen molar-refractivity contribution in [2.45, 2.75) is 84.0 Å². The summed E-state index contributed by atoms with van der Waals surface area (Å²) in [5.41, 5.74) is 5.49. The summed E-state index contributed by atoms with van der Waals surface area (Å²) in [4.78, 5) is 15.8. The van der Waals surface area contributed by atoms with E-state index in [0.29, 0.717) is 0 Å². The Morgan fingerprint density at radius 1 is 0.511 bits per heavy atom. The monoisotopic (exact) mass is 666 g/mol. The molecule has 0 bridgehead atoms. The lowest BCUT2D eigenvalue weighted by Crippen LogP contribution is -2.22. The van der Waals surface area contributed by atoms with Gasteiger partial charge in [-0.15, -0.1) is 45.3 Å². The van der Waals surface area contributed by atoms with E-state index in [0.717, 1.165) is 16.4 Å². The number of hydrogen-bond acceptors (Lipinski definition) is 6. The lowest BCUT2D eigenvalue weighted by Gasteiger charge is -2.25. The third-order valence-electron chi connectivity index (χ3n) is 8.82. The van der Waals surface area contributed by atoms with Crippen molar-refractivity contribution >= 4 is 45.3 Å². The third-order valence-corrected chi connectivity index (χ3v) is 14.1. The first kappa shape index (κ1) is 32.1. The second-order valence-corrected chi connectivity index (χ2v) is 18.3. The molecule has 0 aliphatic carbocycles. The van der Waals surface area contributed by atoms with Crippen LogP contribution in [-0.2, 0) is 21.7 Å². The highest BCUT2D eigenvalue weighted by molar-refractivity contribution is 7.16. The second-order valence-electron chi connectivity index (χ2n) is 14.5. The van der Waals surface area contributed by atoms with E-state index in [9.17, 15) is 0 Å². The minimum absolute atomic E-state index is 0.0327.